The van der Waals surface area contributed by atoms with Gasteiger partial charge in [-0.3, -0.25) is 14.9 Å². The molecule has 0 bridgehead atoms. The molecule has 0 aliphatic heterocycles. The molecule has 3 aromatic rings. The highest BCUT2D eigenvalue weighted by atomic mass is 32.2. The minimum Gasteiger partial charge on any atom is -0.453 e. The van der Waals surface area contributed by atoms with Crippen LogP contribution in [0.2, 0.25) is 0 Å². The van der Waals surface area contributed by atoms with E-state index in [1.807, 2.05) is 37.3 Å². The predicted molar refractivity (Wildman–Crippen MR) is 91.5 cm³/mol. The van der Waals surface area contributed by atoms with Crippen LogP contribution in [0.4, 0.5) is 5.69 Å². The van der Waals surface area contributed by atoms with Gasteiger partial charge in [-0.15, -0.1) is 0 Å². The van der Waals surface area contributed by atoms with E-state index in [4.69, 9.17) is 4.42 Å². The molecule has 0 saturated heterocycles. The first-order valence-electron chi connectivity index (χ1n) is 7.14. The molecule has 3 rings (SSSR count). The molecule has 0 N–H and O–H groups in total. The maximum atomic E-state index is 11.2. The Labute approximate surface area is 142 Å². The number of nitro groups is 1. The summed E-state index contributed by atoms with van der Waals surface area (Å²) in [7, 11) is 0. The standard InChI is InChI=1S/C18H13NO4S/c1-12-2-5-16(6-3-12)24-17-9-13(8-14(10-17)19(21)22)18-7-4-15(11-20)23-18/h2-11H,1H3. The molecule has 0 amide bonds. The van der Waals surface area contributed by atoms with Crippen LogP contribution in [0.1, 0.15) is 16.1 Å². The predicted octanol–water partition coefficient (Wildman–Crippen LogP) is 5.13. The van der Waals surface area contributed by atoms with E-state index in [1.54, 1.807) is 6.07 Å². The fourth-order valence-corrected chi connectivity index (χ4v) is 3.11. The Morgan fingerprint density at radius 2 is 1.79 bits per heavy atom. The van der Waals surface area contributed by atoms with Crippen molar-refractivity contribution in [3.05, 3.63) is 76.0 Å². The first-order valence-corrected chi connectivity index (χ1v) is 7.96. The molecule has 120 valence electrons. The average Bonchev–Trinajstić information content (AvgIpc) is 3.06. The maximum absolute atomic E-state index is 11.2. The van der Waals surface area contributed by atoms with Crippen LogP contribution >= 0.6 is 11.8 Å². The van der Waals surface area contributed by atoms with Crippen molar-refractivity contribution >= 4 is 23.7 Å². The van der Waals surface area contributed by atoms with E-state index >= 15 is 0 Å². The van der Waals surface area contributed by atoms with Crippen LogP contribution in [0.25, 0.3) is 11.3 Å². The van der Waals surface area contributed by atoms with E-state index < -0.39 is 4.92 Å². The molecular weight excluding hydrogens is 326 g/mol. The number of carbonyl (C=O) groups is 1. The number of aryl methyl sites for hydroxylation is 1. The van der Waals surface area contributed by atoms with Crippen LogP contribution in [0, 0.1) is 17.0 Å². The van der Waals surface area contributed by atoms with Crippen molar-refractivity contribution in [2.24, 2.45) is 0 Å². The highest BCUT2D eigenvalue weighted by Gasteiger charge is 2.14. The summed E-state index contributed by atoms with van der Waals surface area (Å²) in [6, 6.07) is 15.9. The summed E-state index contributed by atoms with van der Waals surface area (Å²) < 4.78 is 5.37. The number of carbonyl (C=O) groups excluding carboxylic acids is 1. The Bertz CT molecular complexity index is 900. The molecule has 2 aromatic carbocycles. The Kier molecular flexibility index (Phi) is 4.48. The molecule has 0 atom stereocenters. The number of hydrogen-bond acceptors (Lipinski definition) is 5. The topological polar surface area (TPSA) is 73.3 Å². The average molecular weight is 339 g/mol. The third-order valence-corrected chi connectivity index (χ3v) is 4.37. The molecule has 0 unspecified atom stereocenters. The number of hydrogen-bond donors (Lipinski definition) is 0. The lowest BCUT2D eigenvalue weighted by Gasteiger charge is -2.05. The summed E-state index contributed by atoms with van der Waals surface area (Å²) in [6.45, 7) is 2.00. The van der Waals surface area contributed by atoms with E-state index in [1.165, 1.54) is 30.0 Å². The number of nitrogens with zero attached hydrogens (tertiary/aromatic N) is 1. The van der Waals surface area contributed by atoms with Crippen LogP contribution < -0.4 is 0 Å². The van der Waals surface area contributed by atoms with Gasteiger partial charge >= 0.3 is 0 Å². The molecule has 0 fully saturated rings. The summed E-state index contributed by atoms with van der Waals surface area (Å²) in [4.78, 5) is 23.2. The zero-order chi connectivity index (χ0) is 17.1. The van der Waals surface area contributed by atoms with Crippen LogP contribution in [0.15, 0.2) is 68.8 Å². The van der Waals surface area contributed by atoms with Crippen molar-refractivity contribution in [2.75, 3.05) is 0 Å². The van der Waals surface area contributed by atoms with E-state index in [-0.39, 0.29) is 11.4 Å². The van der Waals surface area contributed by atoms with Gasteiger partial charge in [0, 0.05) is 27.5 Å². The minimum atomic E-state index is -0.438. The second kappa shape index (κ2) is 6.72. The minimum absolute atomic E-state index is 0.0221. The van der Waals surface area contributed by atoms with Gasteiger partial charge in [0.15, 0.2) is 12.0 Å². The number of aldehydes is 1. The van der Waals surface area contributed by atoms with E-state index in [2.05, 4.69) is 0 Å². The Hall–Kier alpha value is -2.86. The number of furan rings is 1. The zero-order valence-electron chi connectivity index (χ0n) is 12.8. The molecule has 0 saturated carbocycles. The molecule has 5 nitrogen and oxygen atoms in total. The van der Waals surface area contributed by atoms with Gasteiger partial charge in [-0.1, -0.05) is 29.5 Å². The van der Waals surface area contributed by atoms with Gasteiger partial charge in [-0.05, 0) is 37.3 Å². The van der Waals surface area contributed by atoms with Crippen LogP contribution in [0.5, 0.6) is 0 Å². The third kappa shape index (κ3) is 3.55. The summed E-state index contributed by atoms with van der Waals surface area (Å²) in [5.74, 6) is 0.607. The molecule has 0 radical (unpaired) electrons. The fourth-order valence-electron chi connectivity index (χ4n) is 2.20. The molecular formula is C18H13NO4S. The van der Waals surface area contributed by atoms with Crippen molar-refractivity contribution in [2.45, 2.75) is 16.7 Å². The van der Waals surface area contributed by atoms with E-state index in [0.29, 0.717) is 17.6 Å². The quantitative estimate of drug-likeness (QED) is 0.366. The smallest absolute Gasteiger partial charge is 0.271 e. The van der Waals surface area contributed by atoms with Crippen LogP contribution in [-0.2, 0) is 0 Å². The van der Waals surface area contributed by atoms with E-state index in [9.17, 15) is 14.9 Å². The summed E-state index contributed by atoms with van der Waals surface area (Å²) in [5, 5.41) is 11.2. The lowest BCUT2D eigenvalue weighted by atomic mass is 10.1. The van der Waals surface area contributed by atoms with Crippen molar-refractivity contribution in [3.8, 4) is 11.3 Å². The number of benzene rings is 2. The van der Waals surface area contributed by atoms with Gasteiger partial charge in [-0.2, -0.15) is 0 Å². The molecule has 0 spiro atoms. The maximum Gasteiger partial charge on any atom is 0.271 e. The van der Waals surface area contributed by atoms with E-state index in [0.717, 1.165) is 15.4 Å². The van der Waals surface area contributed by atoms with Gasteiger partial charge in [0.25, 0.3) is 5.69 Å². The first kappa shape index (κ1) is 16.0. The molecule has 1 heterocycles. The van der Waals surface area contributed by atoms with Gasteiger partial charge in [0.1, 0.15) is 5.76 Å². The monoisotopic (exact) mass is 339 g/mol. The van der Waals surface area contributed by atoms with Crippen molar-refractivity contribution < 1.29 is 14.1 Å². The highest BCUT2D eigenvalue weighted by Crippen LogP contribution is 2.35. The largest absolute Gasteiger partial charge is 0.453 e. The first-order chi connectivity index (χ1) is 11.5. The molecule has 0 aliphatic carbocycles. The van der Waals surface area contributed by atoms with Gasteiger partial charge in [-0.25, -0.2) is 0 Å². The lowest BCUT2D eigenvalue weighted by molar-refractivity contribution is -0.385. The number of rotatable bonds is 5. The highest BCUT2D eigenvalue weighted by molar-refractivity contribution is 7.99. The summed E-state index contributed by atoms with van der Waals surface area (Å²) >= 11 is 1.43. The van der Waals surface area contributed by atoms with Crippen molar-refractivity contribution in [3.63, 3.8) is 0 Å². The van der Waals surface area contributed by atoms with Crippen LogP contribution in [-0.4, -0.2) is 11.2 Å². The van der Waals surface area contributed by atoms with Crippen molar-refractivity contribution in [1.82, 2.24) is 0 Å². The molecule has 6 heteroatoms. The third-order valence-electron chi connectivity index (χ3n) is 3.39. The SMILES string of the molecule is Cc1ccc(Sc2cc(-c3ccc(C=O)o3)cc([N+](=O)[O-])c2)cc1. The van der Waals surface area contributed by atoms with Gasteiger partial charge in [0.2, 0.25) is 0 Å². The number of non-ortho nitro benzene ring substituents is 1. The Balaban J connectivity index is 2.00. The second-order valence-corrected chi connectivity index (χ2v) is 6.35. The van der Waals surface area contributed by atoms with Gasteiger partial charge < -0.3 is 4.42 Å². The normalized spacial score (nSPS) is 10.5. The molecule has 0 aliphatic rings. The number of nitro benzene ring substituents is 1. The summed E-state index contributed by atoms with van der Waals surface area (Å²) in [5.41, 5.74) is 1.69. The zero-order valence-corrected chi connectivity index (χ0v) is 13.6. The summed E-state index contributed by atoms with van der Waals surface area (Å²) in [6.07, 6.45) is 0.600. The molecule has 24 heavy (non-hydrogen) atoms. The van der Waals surface area contributed by atoms with Gasteiger partial charge in [0.05, 0.1) is 4.92 Å². The van der Waals surface area contributed by atoms with Crippen LogP contribution in [0.3, 0.4) is 0 Å². The fraction of sp³-hybridized carbons (Fsp3) is 0.0556. The Morgan fingerprint density at radius 1 is 1.04 bits per heavy atom. The Morgan fingerprint density at radius 3 is 2.42 bits per heavy atom. The lowest BCUT2D eigenvalue weighted by Crippen LogP contribution is -1.89. The van der Waals surface area contributed by atoms with Crippen molar-refractivity contribution in [1.29, 1.82) is 0 Å². The second-order valence-electron chi connectivity index (χ2n) is 5.21. The molecule has 1 aromatic heterocycles.